The molecular formula is C24H31IN6. The predicted molar refractivity (Wildman–Crippen MR) is 137 cm³/mol. The summed E-state index contributed by atoms with van der Waals surface area (Å²) in [4.78, 5) is 6.97. The van der Waals surface area contributed by atoms with Crippen LogP contribution < -0.4 is 10.6 Å². The molecule has 6 nitrogen and oxygen atoms in total. The summed E-state index contributed by atoms with van der Waals surface area (Å²) in [5.74, 6) is 0.796. The Morgan fingerprint density at radius 2 is 1.65 bits per heavy atom. The number of halogens is 1. The minimum atomic E-state index is 0. The number of para-hydroxylation sites is 1. The Morgan fingerprint density at radius 1 is 0.968 bits per heavy atom. The minimum Gasteiger partial charge on any atom is -0.354 e. The molecule has 2 N–H and O–H groups in total. The van der Waals surface area contributed by atoms with E-state index in [1.54, 1.807) is 0 Å². The van der Waals surface area contributed by atoms with Crippen LogP contribution in [-0.4, -0.2) is 47.3 Å². The van der Waals surface area contributed by atoms with Crippen LogP contribution in [0.3, 0.4) is 0 Å². The third-order valence-corrected chi connectivity index (χ3v) is 5.55. The van der Waals surface area contributed by atoms with E-state index in [-0.39, 0.29) is 24.0 Å². The highest BCUT2D eigenvalue weighted by atomic mass is 127. The van der Waals surface area contributed by atoms with Crippen LogP contribution in [-0.2, 0) is 6.54 Å². The molecule has 164 valence electrons. The summed E-state index contributed by atoms with van der Waals surface area (Å²) in [5.41, 5.74) is 3.38. The summed E-state index contributed by atoms with van der Waals surface area (Å²) >= 11 is 0. The molecule has 3 aromatic rings. The van der Waals surface area contributed by atoms with E-state index in [1.165, 1.54) is 18.4 Å². The molecule has 1 atom stereocenters. The van der Waals surface area contributed by atoms with Crippen LogP contribution in [0.4, 0.5) is 0 Å². The van der Waals surface area contributed by atoms with Crippen LogP contribution in [0.5, 0.6) is 0 Å². The van der Waals surface area contributed by atoms with E-state index in [4.69, 9.17) is 0 Å². The molecule has 1 saturated heterocycles. The Kier molecular flexibility index (Phi) is 8.90. The van der Waals surface area contributed by atoms with Gasteiger partial charge in [-0.3, -0.25) is 9.89 Å². The monoisotopic (exact) mass is 530 g/mol. The van der Waals surface area contributed by atoms with Gasteiger partial charge in [0.1, 0.15) is 0 Å². The van der Waals surface area contributed by atoms with Crippen LogP contribution in [0.2, 0.25) is 0 Å². The highest BCUT2D eigenvalue weighted by Gasteiger charge is 2.23. The van der Waals surface area contributed by atoms with Crippen LogP contribution in [0.1, 0.15) is 30.1 Å². The fourth-order valence-corrected chi connectivity index (χ4v) is 3.95. The molecule has 1 fully saturated rings. The highest BCUT2D eigenvalue weighted by molar-refractivity contribution is 14.0. The molecule has 2 aromatic carbocycles. The Hall–Kier alpha value is -2.39. The van der Waals surface area contributed by atoms with Gasteiger partial charge in [-0.15, -0.1) is 24.0 Å². The fraction of sp³-hybridized carbons (Fsp3) is 0.333. The van der Waals surface area contributed by atoms with Crippen LogP contribution in [0, 0.1) is 0 Å². The quantitative estimate of drug-likeness (QED) is 0.276. The predicted octanol–water partition coefficient (Wildman–Crippen LogP) is 3.99. The van der Waals surface area contributed by atoms with Gasteiger partial charge in [0.25, 0.3) is 0 Å². The summed E-state index contributed by atoms with van der Waals surface area (Å²) in [7, 11) is 1.81. The minimum absolute atomic E-state index is 0. The number of aliphatic imine (C=N–C) groups is 1. The third kappa shape index (κ3) is 6.30. The number of likely N-dealkylation sites (tertiary alicyclic amines) is 1. The number of hydrogen-bond acceptors (Lipinski definition) is 3. The molecular weight excluding hydrogens is 499 g/mol. The highest BCUT2D eigenvalue weighted by Crippen LogP contribution is 2.24. The summed E-state index contributed by atoms with van der Waals surface area (Å²) in [6, 6.07) is 23.3. The molecule has 1 aliphatic heterocycles. The van der Waals surface area contributed by atoms with E-state index in [1.807, 2.05) is 54.3 Å². The first-order valence-electron chi connectivity index (χ1n) is 10.7. The molecule has 1 aromatic heterocycles. The zero-order chi connectivity index (χ0) is 20.6. The molecule has 1 unspecified atom stereocenters. The molecule has 0 amide bonds. The lowest BCUT2D eigenvalue weighted by Crippen LogP contribution is -2.42. The average molecular weight is 530 g/mol. The Balaban J connectivity index is 0.00000272. The van der Waals surface area contributed by atoms with Gasteiger partial charge in [0.2, 0.25) is 0 Å². The lowest BCUT2D eigenvalue weighted by Gasteiger charge is -2.28. The van der Waals surface area contributed by atoms with Crippen molar-refractivity contribution in [2.45, 2.75) is 25.4 Å². The maximum atomic E-state index is 4.66. The zero-order valence-corrected chi connectivity index (χ0v) is 20.3. The van der Waals surface area contributed by atoms with E-state index in [2.05, 4.69) is 56.0 Å². The lowest BCUT2D eigenvalue weighted by atomic mass is 10.1. The first kappa shape index (κ1) is 23.3. The second kappa shape index (κ2) is 11.9. The molecule has 0 bridgehead atoms. The topological polar surface area (TPSA) is 57.5 Å². The summed E-state index contributed by atoms with van der Waals surface area (Å²) in [6.45, 7) is 3.76. The second-order valence-electron chi connectivity index (χ2n) is 7.56. The third-order valence-electron chi connectivity index (χ3n) is 5.55. The van der Waals surface area contributed by atoms with Crippen molar-refractivity contribution >= 4 is 29.9 Å². The van der Waals surface area contributed by atoms with Crippen molar-refractivity contribution in [3.8, 4) is 5.69 Å². The van der Waals surface area contributed by atoms with Gasteiger partial charge in [0, 0.05) is 19.8 Å². The van der Waals surface area contributed by atoms with Crippen molar-refractivity contribution < 1.29 is 0 Å². The molecule has 31 heavy (non-hydrogen) atoms. The first-order valence-corrected chi connectivity index (χ1v) is 10.7. The Morgan fingerprint density at radius 3 is 2.32 bits per heavy atom. The number of aromatic nitrogens is 2. The lowest BCUT2D eigenvalue weighted by molar-refractivity contribution is 0.245. The Bertz CT molecular complexity index is 935. The normalized spacial score (nSPS) is 15.3. The van der Waals surface area contributed by atoms with Crippen LogP contribution in [0.15, 0.2) is 77.9 Å². The first-order chi connectivity index (χ1) is 14.8. The van der Waals surface area contributed by atoms with Gasteiger partial charge >= 0.3 is 0 Å². The van der Waals surface area contributed by atoms with Gasteiger partial charge in [0.15, 0.2) is 5.96 Å². The van der Waals surface area contributed by atoms with E-state index in [0.29, 0.717) is 12.6 Å². The van der Waals surface area contributed by atoms with Crippen LogP contribution in [0.25, 0.3) is 5.69 Å². The fourth-order valence-electron chi connectivity index (χ4n) is 3.95. The summed E-state index contributed by atoms with van der Waals surface area (Å²) in [6.07, 6.45) is 4.54. The van der Waals surface area contributed by atoms with Crippen molar-refractivity contribution in [1.29, 1.82) is 0 Å². The number of rotatable bonds is 7. The molecule has 4 rings (SSSR count). The molecule has 0 saturated carbocycles. The molecule has 2 heterocycles. The van der Waals surface area contributed by atoms with Gasteiger partial charge in [-0.1, -0.05) is 48.5 Å². The number of nitrogens with one attached hydrogen (secondary N) is 2. The van der Waals surface area contributed by atoms with Crippen molar-refractivity contribution in [3.05, 3.63) is 84.2 Å². The largest absolute Gasteiger partial charge is 0.354 e. The van der Waals surface area contributed by atoms with E-state index in [0.717, 1.165) is 37.0 Å². The summed E-state index contributed by atoms with van der Waals surface area (Å²) in [5, 5.41) is 11.6. The van der Waals surface area contributed by atoms with Gasteiger partial charge in [-0.25, -0.2) is 4.68 Å². The number of guanidine groups is 1. The van der Waals surface area contributed by atoms with Crippen molar-refractivity contribution in [2.75, 3.05) is 26.7 Å². The molecule has 1 aliphatic rings. The Labute approximate surface area is 201 Å². The van der Waals surface area contributed by atoms with E-state index in [9.17, 15) is 0 Å². The smallest absolute Gasteiger partial charge is 0.191 e. The molecule has 0 aliphatic carbocycles. The van der Waals surface area contributed by atoms with Gasteiger partial charge in [-0.05, 0) is 49.7 Å². The van der Waals surface area contributed by atoms with Gasteiger partial charge < -0.3 is 10.6 Å². The number of benzene rings is 2. The van der Waals surface area contributed by atoms with Gasteiger partial charge in [-0.2, -0.15) is 5.10 Å². The van der Waals surface area contributed by atoms with Crippen molar-refractivity contribution in [3.63, 3.8) is 0 Å². The number of hydrogen-bond donors (Lipinski definition) is 2. The molecule has 0 radical (unpaired) electrons. The van der Waals surface area contributed by atoms with Crippen LogP contribution >= 0.6 is 24.0 Å². The second-order valence-corrected chi connectivity index (χ2v) is 7.56. The standard InChI is InChI=1S/C24H30N6.HI/c1-25-24(26-18-21-14-17-30(28-21)22-12-6-3-7-13-22)27-19-23(29-15-8-9-16-29)20-10-4-2-5-11-20;/h2-7,10-14,17,23H,8-9,15-16,18-19H2,1H3,(H2,25,26,27);1H. The van der Waals surface area contributed by atoms with E-state index < -0.39 is 0 Å². The van der Waals surface area contributed by atoms with E-state index >= 15 is 0 Å². The SMILES string of the molecule is CN=C(NCc1ccn(-c2ccccc2)n1)NCC(c1ccccc1)N1CCCC1.I. The average Bonchev–Trinajstić information content (AvgIpc) is 3.50. The van der Waals surface area contributed by atoms with Crippen molar-refractivity contribution in [1.82, 2.24) is 25.3 Å². The maximum Gasteiger partial charge on any atom is 0.191 e. The van der Waals surface area contributed by atoms with Crippen molar-refractivity contribution in [2.24, 2.45) is 4.99 Å². The van der Waals surface area contributed by atoms with Gasteiger partial charge in [0.05, 0.1) is 24.0 Å². The molecule has 0 spiro atoms. The zero-order valence-electron chi connectivity index (χ0n) is 17.9. The molecule has 7 heteroatoms. The maximum absolute atomic E-state index is 4.66. The summed E-state index contributed by atoms with van der Waals surface area (Å²) < 4.78 is 1.89. The number of nitrogens with zero attached hydrogens (tertiary/aromatic N) is 4.